The van der Waals surface area contributed by atoms with Crippen molar-refractivity contribution < 1.29 is 23.5 Å². The third-order valence-corrected chi connectivity index (χ3v) is 5.53. The molecular formula is C21H21BrFNO4. The zero-order chi connectivity index (χ0) is 20.1. The summed E-state index contributed by atoms with van der Waals surface area (Å²) in [6.07, 6.45) is 0.585. The average molecular weight is 450 g/mol. The van der Waals surface area contributed by atoms with Gasteiger partial charge in [0, 0.05) is 17.3 Å². The Morgan fingerprint density at radius 3 is 2.61 bits per heavy atom. The highest BCUT2D eigenvalue weighted by atomic mass is 79.9. The average Bonchev–Trinajstić information content (AvgIpc) is 3.12. The molecule has 2 atom stereocenters. The van der Waals surface area contributed by atoms with E-state index in [1.807, 2.05) is 24.3 Å². The van der Waals surface area contributed by atoms with Gasteiger partial charge in [-0.05, 0) is 30.2 Å². The van der Waals surface area contributed by atoms with Gasteiger partial charge in [0.15, 0.2) is 11.6 Å². The van der Waals surface area contributed by atoms with E-state index in [2.05, 4.69) is 15.9 Å². The number of esters is 1. The first-order valence-electron chi connectivity index (χ1n) is 9.01. The van der Waals surface area contributed by atoms with Crippen molar-refractivity contribution in [1.29, 1.82) is 0 Å². The molecule has 1 heterocycles. The lowest BCUT2D eigenvalue weighted by Crippen LogP contribution is -2.41. The highest BCUT2D eigenvalue weighted by Crippen LogP contribution is 2.27. The SMILES string of the molecule is COC(=O)C1CC(Oc2ccccc2F)CN1C(=O)CCc1ccccc1Br. The summed E-state index contributed by atoms with van der Waals surface area (Å²) in [7, 11) is 1.29. The highest BCUT2D eigenvalue weighted by Gasteiger charge is 2.41. The minimum atomic E-state index is -0.728. The molecule has 2 unspecified atom stereocenters. The third-order valence-electron chi connectivity index (χ3n) is 4.75. The molecule has 1 fully saturated rings. The monoisotopic (exact) mass is 449 g/mol. The van der Waals surface area contributed by atoms with Crippen molar-refractivity contribution >= 4 is 27.8 Å². The first kappa shape index (κ1) is 20.3. The molecule has 0 aliphatic carbocycles. The summed E-state index contributed by atoms with van der Waals surface area (Å²) in [5.74, 6) is -1.02. The summed E-state index contributed by atoms with van der Waals surface area (Å²) in [4.78, 5) is 26.4. The molecule has 2 aromatic rings. The van der Waals surface area contributed by atoms with Crippen LogP contribution in [0.3, 0.4) is 0 Å². The summed E-state index contributed by atoms with van der Waals surface area (Å²) in [6, 6.07) is 13.0. The molecule has 1 amide bonds. The number of rotatable bonds is 6. The molecule has 5 nitrogen and oxygen atoms in total. The van der Waals surface area contributed by atoms with Crippen LogP contribution in [0.5, 0.6) is 5.75 Å². The molecule has 0 saturated carbocycles. The van der Waals surface area contributed by atoms with Gasteiger partial charge in [-0.25, -0.2) is 9.18 Å². The largest absolute Gasteiger partial charge is 0.485 e. The van der Waals surface area contributed by atoms with Crippen LogP contribution in [0.25, 0.3) is 0 Å². The molecule has 1 aliphatic rings. The number of benzene rings is 2. The van der Waals surface area contributed by atoms with Gasteiger partial charge in [0.25, 0.3) is 0 Å². The molecule has 0 spiro atoms. The number of likely N-dealkylation sites (tertiary alicyclic amines) is 1. The fourth-order valence-electron chi connectivity index (χ4n) is 3.32. The first-order chi connectivity index (χ1) is 13.5. The maximum Gasteiger partial charge on any atom is 0.328 e. The second kappa shape index (κ2) is 9.19. The Labute approximate surface area is 171 Å². The predicted octanol–water partition coefficient (Wildman–Crippen LogP) is 3.74. The number of nitrogens with zero attached hydrogens (tertiary/aromatic N) is 1. The van der Waals surface area contributed by atoms with Gasteiger partial charge < -0.3 is 14.4 Å². The quantitative estimate of drug-likeness (QED) is 0.630. The van der Waals surface area contributed by atoms with Crippen LogP contribution >= 0.6 is 15.9 Å². The minimum Gasteiger partial charge on any atom is -0.485 e. The zero-order valence-electron chi connectivity index (χ0n) is 15.4. The van der Waals surface area contributed by atoms with Crippen LogP contribution in [-0.2, 0) is 20.7 Å². The van der Waals surface area contributed by atoms with Gasteiger partial charge >= 0.3 is 5.97 Å². The van der Waals surface area contributed by atoms with E-state index in [1.165, 1.54) is 24.1 Å². The highest BCUT2D eigenvalue weighted by molar-refractivity contribution is 9.10. The number of para-hydroxylation sites is 1. The molecule has 1 saturated heterocycles. The van der Waals surface area contributed by atoms with Gasteiger partial charge in [0.1, 0.15) is 12.1 Å². The van der Waals surface area contributed by atoms with Crippen molar-refractivity contribution in [1.82, 2.24) is 4.90 Å². The van der Waals surface area contributed by atoms with Crippen LogP contribution < -0.4 is 4.74 Å². The number of hydrogen-bond donors (Lipinski definition) is 0. The molecular weight excluding hydrogens is 429 g/mol. The van der Waals surface area contributed by atoms with Gasteiger partial charge in [0.05, 0.1) is 13.7 Å². The van der Waals surface area contributed by atoms with E-state index in [1.54, 1.807) is 12.1 Å². The zero-order valence-corrected chi connectivity index (χ0v) is 17.0. The van der Waals surface area contributed by atoms with E-state index >= 15 is 0 Å². The summed E-state index contributed by atoms with van der Waals surface area (Å²) in [6.45, 7) is 0.211. The number of ether oxygens (including phenoxy) is 2. The number of halogens is 2. The van der Waals surface area contributed by atoms with E-state index in [4.69, 9.17) is 9.47 Å². The Balaban J connectivity index is 1.68. The van der Waals surface area contributed by atoms with Crippen LogP contribution in [0, 0.1) is 5.82 Å². The van der Waals surface area contributed by atoms with E-state index in [9.17, 15) is 14.0 Å². The Kier molecular flexibility index (Phi) is 6.67. The smallest absolute Gasteiger partial charge is 0.328 e. The fourth-order valence-corrected chi connectivity index (χ4v) is 3.81. The maximum absolute atomic E-state index is 13.9. The third kappa shape index (κ3) is 4.70. The van der Waals surface area contributed by atoms with Crippen LogP contribution in [0.1, 0.15) is 18.4 Å². The van der Waals surface area contributed by atoms with Gasteiger partial charge in [0.2, 0.25) is 5.91 Å². The lowest BCUT2D eigenvalue weighted by Gasteiger charge is -2.22. The van der Waals surface area contributed by atoms with Crippen molar-refractivity contribution in [3.8, 4) is 5.75 Å². The van der Waals surface area contributed by atoms with E-state index in [0.717, 1.165) is 10.0 Å². The van der Waals surface area contributed by atoms with Crippen LogP contribution in [0.4, 0.5) is 4.39 Å². The molecule has 0 bridgehead atoms. The molecule has 28 heavy (non-hydrogen) atoms. The van der Waals surface area contributed by atoms with E-state index in [-0.39, 0.29) is 31.0 Å². The van der Waals surface area contributed by atoms with Crippen molar-refractivity contribution in [3.63, 3.8) is 0 Å². The van der Waals surface area contributed by atoms with Crippen molar-refractivity contribution in [3.05, 3.63) is 64.4 Å². The Hall–Kier alpha value is -2.41. The molecule has 148 valence electrons. The van der Waals surface area contributed by atoms with Gasteiger partial charge in [-0.2, -0.15) is 0 Å². The van der Waals surface area contributed by atoms with Crippen LogP contribution in [0.2, 0.25) is 0 Å². The number of carbonyl (C=O) groups is 2. The second-order valence-corrected chi connectivity index (χ2v) is 7.44. The summed E-state index contributed by atoms with van der Waals surface area (Å²) < 4.78 is 25.4. The lowest BCUT2D eigenvalue weighted by atomic mass is 10.1. The van der Waals surface area contributed by atoms with Crippen molar-refractivity contribution in [2.75, 3.05) is 13.7 Å². The first-order valence-corrected chi connectivity index (χ1v) is 9.80. The van der Waals surface area contributed by atoms with Crippen molar-refractivity contribution in [2.24, 2.45) is 0 Å². The summed E-state index contributed by atoms with van der Waals surface area (Å²) in [5, 5.41) is 0. The second-order valence-electron chi connectivity index (χ2n) is 6.58. The number of carbonyl (C=O) groups excluding carboxylic acids is 2. The van der Waals surface area contributed by atoms with Crippen LogP contribution in [0.15, 0.2) is 53.0 Å². The minimum absolute atomic E-state index is 0.110. The van der Waals surface area contributed by atoms with Gasteiger partial charge in [-0.15, -0.1) is 0 Å². The maximum atomic E-state index is 13.9. The molecule has 0 N–H and O–H groups in total. The standard InChI is InChI=1S/C21H21BrFNO4/c1-27-21(26)18-12-15(28-19-9-5-4-8-17(19)23)13-24(18)20(25)11-10-14-6-2-3-7-16(14)22/h2-9,15,18H,10-13H2,1H3. The topological polar surface area (TPSA) is 55.8 Å². The van der Waals surface area contributed by atoms with Gasteiger partial charge in [-0.1, -0.05) is 46.3 Å². The van der Waals surface area contributed by atoms with Crippen molar-refractivity contribution in [2.45, 2.75) is 31.4 Å². The normalized spacial score (nSPS) is 18.8. The Morgan fingerprint density at radius 2 is 1.89 bits per heavy atom. The summed E-state index contributed by atoms with van der Waals surface area (Å²) in [5.41, 5.74) is 1.02. The number of amides is 1. The predicted molar refractivity (Wildman–Crippen MR) is 105 cm³/mol. The molecule has 0 radical (unpaired) electrons. The summed E-state index contributed by atoms with van der Waals surface area (Å²) >= 11 is 3.48. The number of hydrogen-bond acceptors (Lipinski definition) is 4. The fraction of sp³-hybridized carbons (Fsp3) is 0.333. The molecule has 3 rings (SSSR count). The Bertz CT molecular complexity index is 860. The number of aryl methyl sites for hydroxylation is 1. The molecule has 2 aromatic carbocycles. The molecule has 1 aliphatic heterocycles. The molecule has 0 aromatic heterocycles. The van der Waals surface area contributed by atoms with E-state index in [0.29, 0.717) is 6.42 Å². The van der Waals surface area contributed by atoms with Crippen LogP contribution in [-0.4, -0.2) is 42.6 Å². The van der Waals surface area contributed by atoms with Gasteiger partial charge in [-0.3, -0.25) is 4.79 Å². The number of methoxy groups -OCH3 is 1. The Morgan fingerprint density at radius 1 is 1.18 bits per heavy atom. The van der Waals surface area contributed by atoms with E-state index < -0.39 is 23.9 Å². The molecule has 7 heteroatoms. The lowest BCUT2D eigenvalue weighted by molar-refractivity contribution is -0.150.